The van der Waals surface area contributed by atoms with Crippen LogP contribution in [0.25, 0.3) is 22.0 Å². The minimum Gasteiger partial charge on any atom is -0.268 e. The molecule has 5 nitrogen and oxygen atoms in total. The number of H-pyrrole nitrogens is 1. The van der Waals surface area contributed by atoms with Crippen molar-refractivity contribution >= 4 is 28.6 Å². The van der Waals surface area contributed by atoms with Crippen molar-refractivity contribution in [1.29, 1.82) is 0 Å². The molecule has 0 radical (unpaired) electrons. The highest BCUT2D eigenvalue weighted by molar-refractivity contribution is 7.71. The molecular weight excluding hydrogens is 404 g/mol. The number of aromatic amines is 1. The summed E-state index contributed by atoms with van der Waals surface area (Å²) < 4.78 is 2.50. The van der Waals surface area contributed by atoms with E-state index in [-0.39, 0.29) is 0 Å². The number of nitroso groups, excluding NO2 is 1. The first kappa shape index (κ1) is 22.6. The van der Waals surface area contributed by atoms with Crippen molar-refractivity contribution in [1.82, 2.24) is 14.8 Å². The molecular formula is C25H28N4OS. The molecule has 1 heterocycles. The number of allylic oxidation sites excluding steroid dienone is 4. The summed E-state index contributed by atoms with van der Waals surface area (Å²) in [5.41, 5.74) is 5.11. The molecule has 1 aromatic heterocycles. The molecule has 160 valence electrons. The van der Waals surface area contributed by atoms with Gasteiger partial charge in [0.1, 0.15) is 6.04 Å². The number of hydrogen-bond donors (Lipinski definition) is 1. The molecule has 0 bridgehead atoms. The van der Waals surface area contributed by atoms with Gasteiger partial charge in [0, 0.05) is 11.0 Å². The van der Waals surface area contributed by atoms with Crippen LogP contribution in [0.1, 0.15) is 45.5 Å². The average Bonchev–Trinajstić information content (AvgIpc) is 3.08. The molecule has 31 heavy (non-hydrogen) atoms. The third-order valence-corrected chi connectivity index (χ3v) is 5.64. The minimum atomic E-state index is -0.478. The average molecular weight is 433 g/mol. The molecule has 0 fully saturated rings. The van der Waals surface area contributed by atoms with Crippen LogP contribution in [0.15, 0.2) is 70.9 Å². The highest BCUT2D eigenvalue weighted by Gasteiger charge is 2.20. The van der Waals surface area contributed by atoms with Gasteiger partial charge in [-0.15, -0.1) is 4.91 Å². The quantitative estimate of drug-likeness (QED) is 0.349. The normalized spacial score (nSPS) is 15.9. The summed E-state index contributed by atoms with van der Waals surface area (Å²) in [7, 11) is 0. The molecule has 0 aliphatic heterocycles. The lowest BCUT2D eigenvalue weighted by Gasteiger charge is -2.14. The van der Waals surface area contributed by atoms with Gasteiger partial charge >= 0.3 is 0 Å². The van der Waals surface area contributed by atoms with Crippen molar-refractivity contribution in [2.24, 2.45) is 5.18 Å². The lowest BCUT2D eigenvalue weighted by atomic mass is 10.0. The van der Waals surface area contributed by atoms with Gasteiger partial charge in [-0.3, -0.25) is 9.67 Å². The van der Waals surface area contributed by atoms with E-state index in [2.05, 4.69) is 65.6 Å². The third-order valence-electron chi connectivity index (χ3n) is 5.36. The van der Waals surface area contributed by atoms with E-state index in [9.17, 15) is 4.91 Å². The second kappa shape index (κ2) is 9.79. The molecule has 1 aliphatic carbocycles. The van der Waals surface area contributed by atoms with Crippen LogP contribution in [0.5, 0.6) is 0 Å². The van der Waals surface area contributed by atoms with Gasteiger partial charge in [-0.1, -0.05) is 56.3 Å². The summed E-state index contributed by atoms with van der Waals surface area (Å²) in [6, 6.07) is 12.0. The summed E-state index contributed by atoms with van der Waals surface area (Å²) in [5, 5.41) is 13.0. The van der Waals surface area contributed by atoms with Gasteiger partial charge in [0.25, 0.3) is 0 Å². The number of hydrogen-bond acceptors (Lipinski definition) is 4. The number of aryl methyl sites for hydroxylation is 1. The monoisotopic (exact) mass is 432 g/mol. The Labute approximate surface area is 188 Å². The number of nitrogens with zero attached hydrogens (tertiary/aromatic N) is 3. The lowest BCUT2D eigenvalue weighted by molar-refractivity contribution is 0.982. The van der Waals surface area contributed by atoms with Crippen LogP contribution in [-0.2, 0) is 0 Å². The van der Waals surface area contributed by atoms with Crippen LogP contribution < -0.4 is 0 Å². The Balaban J connectivity index is 0.00000132. The van der Waals surface area contributed by atoms with Gasteiger partial charge in [0.05, 0.1) is 5.69 Å². The van der Waals surface area contributed by atoms with Crippen LogP contribution in [0.4, 0.5) is 0 Å². The van der Waals surface area contributed by atoms with Crippen LogP contribution >= 0.6 is 12.2 Å². The summed E-state index contributed by atoms with van der Waals surface area (Å²) in [4.78, 5) is 11.2. The highest BCUT2D eigenvalue weighted by atomic mass is 32.1. The maximum absolute atomic E-state index is 11.2. The van der Waals surface area contributed by atoms with Crippen LogP contribution in [-0.4, -0.2) is 20.8 Å². The predicted octanol–water partition coefficient (Wildman–Crippen LogP) is 7.23. The standard InChI is InChI=1S/C23H22N4OS.C2H6/c1-4-16-12-17(26-28)11-15(3)20(13-16)22-24-25-23(29)27(22)21-10-6-8-18-14(2)7-5-9-19(18)21;1-2/h5-13,17H,4H2,1-3H3,(H,25,29);1-2H3. The van der Waals surface area contributed by atoms with Gasteiger partial charge in [0.15, 0.2) is 10.6 Å². The molecule has 0 amide bonds. The van der Waals surface area contributed by atoms with Gasteiger partial charge in [-0.05, 0) is 78.9 Å². The van der Waals surface area contributed by atoms with Gasteiger partial charge in [-0.2, -0.15) is 5.10 Å². The number of fused-ring (bicyclic) bond motifs is 1. The van der Waals surface area contributed by atoms with Crippen molar-refractivity contribution in [2.45, 2.75) is 47.1 Å². The molecule has 0 saturated heterocycles. The van der Waals surface area contributed by atoms with Gasteiger partial charge in [-0.25, -0.2) is 0 Å². The van der Waals surface area contributed by atoms with E-state index in [1.807, 2.05) is 43.6 Å². The highest BCUT2D eigenvalue weighted by Crippen LogP contribution is 2.32. The maximum Gasteiger partial charge on any atom is 0.200 e. The van der Waals surface area contributed by atoms with Crippen molar-refractivity contribution in [3.63, 3.8) is 0 Å². The number of aromatic nitrogens is 3. The Morgan fingerprint density at radius 1 is 1.10 bits per heavy atom. The molecule has 1 N–H and O–H groups in total. The molecule has 0 saturated carbocycles. The Kier molecular flexibility index (Phi) is 7.13. The van der Waals surface area contributed by atoms with E-state index < -0.39 is 6.04 Å². The zero-order chi connectivity index (χ0) is 22.5. The number of nitrogens with one attached hydrogen (secondary N) is 1. The maximum atomic E-state index is 11.2. The minimum absolute atomic E-state index is 0.478. The van der Waals surface area contributed by atoms with E-state index in [1.54, 1.807) is 0 Å². The third kappa shape index (κ3) is 4.35. The summed E-state index contributed by atoms with van der Waals surface area (Å²) >= 11 is 5.61. The second-order valence-corrected chi connectivity index (χ2v) is 7.62. The molecule has 1 aliphatic rings. The van der Waals surface area contributed by atoms with Gasteiger partial charge < -0.3 is 0 Å². The smallest absolute Gasteiger partial charge is 0.200 e. The molecule has 1 atom stereocenters. The first-order valence-electron chi connectivity index (χ1n) is 10.6. The SMILES string of the molecule is CC.CCC1=CC(N=O)C=C(C)C(c2n[nH]c(=S)n2-c2cccc3c(C)cccc23)=C1. The Morgan fingerprint density at radius 2 is 1.81 bits per heavy atom. The van der Waals surface area contributed by atoms with E-state index >= 15 is 0 Å². The van der Waals surface area contributed by atoms with Crippen molar-refractivity contribution < 1.29 is 0 Å². The van der Waals surface area contributed by atoms with E-state index in [1.165, 1.54) is 10.9 Å². The first-order valence-corrected chi connectivity index (χ1v) is 11.0. The number of benzene rings is 2. The van der Waals surface area contributed by atoms with Gasteiger partial charge in [0.2, 0.25) is 0 Å². The summed E-state index contributed by atoms with van der Waals surface area (Å²) in [6.45, 7) is 10.1. The van der Waals surface area contributed by atoms with Crippen molar-refractivity contribution in [3.05, 3.63) is 86.8 Å². The molecule has 3 aromatic rings. The Morgan fingerprint density at radius 3 is 2.52 bits per heavy atom. The first-order chi connectivity index (χ1) is 15.0. The van der Waals surface area contributed by atoms with E-state index in [0.29, 0.717) is 4.77 Å². The molecule has 4 rings (SSSR count). The fourth-order valence-corrected chi connectivity index (χ4v) is 4.06. The Bertz CT molecular complexity index is 1260. The Hall–Kier alpha value is -3.12. The molecule has 1 unspecified atom stereocenters. The van der Waals surface area contributed by atoms with Crippen LogP contribution in [0.3, 0.4) is 0 Å². The van der Waals surface area contributed by atoms with Crippen LogP contribution in [0, 0.1) is 16.6 Å². The second-order valence-electron chi connectivity index (χ2n) is 7.23. The fourth-order valence-electron chi connectivity index (χ4n) is 3.83. The van der Waals surface area contributed by atoms with Crippen LogP contribution in [0.2, 0.25) is 0 Å². The molecule has 6 heteroatoms. The van der Waals surface area contributed by atoms with Crippen molar-refractivity contribution in [3.8, 4) is 5.69 Å². The molecule has 0 spiro atoms. The predicted molar refractivity (Wildman–Crippen MR) is 132 cm³/mol. The van der Waals surface area contributed by atoms with Crippen molar-refractivity contribution in [2.75, 3.05) is 0 Å². The van der Waals surface area contributed by atoms with E-state index in [4.69, 9.17) is 12.2 Å². The largest absolute Gasteiger partial charge is 0.268 e. The fraction of sp³-hybridized carbons (Fsp3) is 0.280. The zero-order valence-corrected chi connectivity index (χ0v) is 19.5. The lowest BCUT2D eigenvalue weighted by Crippen LogP contribution is -2.03. The summed E-state index contributed by atoms with van der Waals surface area (Å²) in [5.74, 6) is 0.726. The topological polar surface area (TPSA) is 63.0 Å². The molecule has 2 aromatic carbocycles. The number of rotatable bonds is 4. The zero-order valence-electron chi connectivity index (χ0n) is 18.6. The van der Waals surface area contributed by atoms with E-state index in [0.717, 1.165) is 40.0 Å². The summed E-state index contributed by atoms with van der Waals surface area (Å²) in [6.07, 6.45) is 6.65.